The van der Waals surface area contributed by atoms with Crippen molar-refractivity contribution in [3.63, 3.8) is 0 Å². The van der Waals surface area contributed by atoms with E-state index in [9.17, 15) is 9.59 Å². The molecule has 2 aliphatic rings. The van der Waals surface area contributed by atoms with Gasteiger partial charge in [-0.2, -0.15) is 0 Å². The van der Waals surface area contributed by atoms with Crippen molar-refractivity contribution >= 4 is 35.0 Å². The van der Waals surface area contributed by atoms with Crippen LogP contribution in [0.25, 0.3) is 0 Å². The Balaban J connectivity index is 1.91. The zero-order valence-corrected chi connectivity index (χ0v) is 12.7. The first kappa shape index (κ1) is 14.9. The molecule has 1 aliphatic heterocycles. The van der Waals surface area contributed by atoms with E-state index in [2.05, 4.69) is 0 Å². The van der Waals surface area contributed by atoms with Crippen molar-refractivity contribution in [2.45, 2.75) is 30.6 Å². The Kier molecular flexibility index (Phi) is 3.75. The Bertz CT molecular complexity index is 408. The van der Waals surface area contributed by atoms with Crippen LogP contribution in [0.2, 0.25) is 0 Å². The van der Waals surface area contributed by atoms with Crippen molar-refractivity contribution in [3.8, 4) is 0 Å². The van der Waals surface area contributed by atoms with Gasteiger partial charge in [0.1, 0.15) is 4.33 Å². The molecule has 2 fully saturated rings. The van der Waals surface area contributed by atoms with Gasteiger partial charge in [-0.1, -0.05) is 0 Å². The van der Waals surface area contributed by atoms with Crippen LogP contribution in [0.5, 0.6) is 0 Å². The molecule has 2 N–H and O–H groups in total. The summed E-state index contributed by atoms with van der Waals surface area (Å²) in [5.41, 5.74) is 4.62. The molecule has 2 rings (SSSR count). The molecule has 0 radical (unpaired) electrons. The number of carbonyl (C=O) groups is 2. The highest BCUT2D eigenvalue weighted by Crippen LogP contribution is 2.64. The van der Waals surface area contributed by atoms with Gasteiger partial charge >= 0.3 is 0 Å². The van der Waals surface area contributed by atoms with Gasteiger partial charge in [0.25, 0.3) is 0 Å². The maximum absolute atomic E-state index is 12.4. The summed E-state index contributed by atoms with van der Waals surface area (Å²) >= 11 is 12.1. The van der Waals surface area contributed by atoms with E-state index in [0.29, 0.717) is 32.6 Å². The normalized spacial score (nSPS) is 31.9. The van der Waals surface area contributed by atoms with Gasteiger partial charge in [-0.05, 0) is 20.3 Å². The second-order valence-corrected chi connectivity index (χ2v) is 7.10. The van der Waals surface area contributed by atoms with Crippen LogP contribution in [0, 0.1) is 5.41 Å². The van der Waals surface area contributed by atoms with Crippen molar-refractivity contribution in [1.82, 2.24) is 9.80 Å². The Labute approximate surface area is 123 Å². The molecule has 2 unspecified atom stereocenters. The minimum absolute atomic E-state index is 0.00359. The molecule has 1 saturated heterocycles. The van der Waals surface area contributed by atoms with E-state index in [1.54, 1.807) is 18.7 Å². The van der Waals surface area contributed by atoms with Crippen molar-refractivity contribution in [2.75, 3.05) is 26.2 Å². The fourth-order valence-corrected chi connectivity index (χ4v) is 3.17. The topological polar surface area (TPSA) is 66.6 Å². The van der Waals surface area contributed by atoms with Gasteiger partial charge < -0.3 is 10.6 Å². The van der Waals surface area contributed by atoms with Crippen LogP contribution < -0.4 is 5.73 Å². The van der Waals surface area contributed by atoms with Crippen LogP contribution in [-0.2, 0) is 9.59 Å². The minimum atomic E-state index is -0.929. The summed E-state index contributed by atoms with van der Waals surface area (Å²) in [6.07, 6.45) is 0.500. The summed E-state index contributed by atoms with van der Waals surface area (Å²) in [5.74, 6) is -0.335. The first-order valence-corrected chi connectivity index (χ1v) is 7.15. The number of carbonyl (C=O) groups excluding carboxylic acids is 2. The average molecular weight is 308 g/mol. The first-order chi connectivity index (χ1) is 8.69. The molecule has 1 saturated carbocycles. The molecular weight excluding hydrogens is 289 g/mol. The van der Waals surface area contributed by atoms with Crippen molar-refractivity contribution in [3.05, 3.63) is 0 Å². The third kappa shape index (κ3) is 2.56. The molecule has 0 aromatic heterocycles. The molecular formula is C12H19Cl2N3O2. The number of alkyl halides is 2. The van der Waals surface area contributed by atoms with Gasteiger partial charge in [-0.3, -0.25) is 14.5 Å². The predicted molar refractivity (Wildman–Crippen MR) is 74.0 cm³/mol. The maximum Gasteiger partial charge on any atom is 0.234 e. The first-order valence-electron chi connectivity index (χ1n) is 6.39. The van der Waals surface area contributed by atoms with E-state index in [1.165, 1.54) is 0 Å². The molecule has 1 aliphatic carbocycles. The lowest BCUT2D eigenvalue weighted by Gasteiger charge is -2.38. The quantitative estimate of drug-likeness (QED) is 0.776. The van der Waals surface area contributed by atoms with Crippen LogP contribution >= 0.6 is 23.2 Å². The maximum atomic E-state index is 12.4. The van der Waals surface area contributed by atoms with Crippen LogP contribution in [0.1, 0.15) is 20.3 Å². The lowest BCUT2D eigenvalue weighted by atomic mass is 10.1. The van der Waals surface area contributed by atoms with Gasteiger partial charge in [0.15, 0.2) is 0 Å². The van der Waals surface area contributed by atoms with Crippen LogP contribution in [0.15, 0.2) is 0 Å². The third-order valence-corrected chi connectivity index (χ3v) is 5.39. The second kappa shape index (κ2) is 4.79. The van der Waals surface area contributed by atoms with E-state index in [4.69, 9.17) is 28.9 Å². The molecule has 0 spiro atoms. The number of nitrogens with two attached hydrogens (primary N) is 1. The minimum Gasteiger partial charge on any atom is -0.368 e. The molecule has 0 aromatic carbocycles. The van der Waals surface area contributed by atoms with Crippen LogP contribution in [0.4, 0.5) is 0 Å². The molecule has 108 valence electrons. The number of amides is 2. The lowest BCUT2D eigenvalue weighted by Crippen LogP contribution is -2.55. The summed E-state index contributed by atoms with van der Waals surface area (Å²) in [6.45, 7) is 6.02. The Morgan fingerprint density at radius 2 is 1.68 bits per heavy atom. The highest BCUT2D eigenvalue weighted by atomic mass is 35.5. The number of piperazine rings is 1. The molecule has 1 heterocycles. The Morgan fingerprint density at radius 3 is 2.05 bits per heavy atom. The Hall–Kier alpha value is -0.520. The highest BCUT2D eigenvalue weighted by molar-refractivity contribution is 6.53. The third-order valence-electron chi connectivity index (χ3n) is 4.29. The zero-order chi connectivity index (χ0) is 14.4. The largest absolute Gasteiger partial charge is 0.368 e. The summed E-state index contributed by atoms with van der Waals surface area (Å²) in [7, 11) is 0. The van der Waals surface area contributed by atoms with E-state index in [1.807, 2.05) is 4.90 Å². The number of nitrogens with zero attached hydrogens (tertiary/aromatic N) is 2. The molecule has 0 aromatic rings. The number of hydrogen-bond acceptors (Lipinski definition) is 3. The smallest absolute Gasteiger partial charge is 0.234 e. The number of hydrogen-bond donors (Lipinski definition) is 1. The number of halogens is 2. The average Bonchev–Trinajstić information content (AvgIpc) is 2.88. The molecule has 2 amide bonds. The zero-order valence-electron chi connectivity index (χ0n) is 11.2. The SMILES string of the molecule is CC(C(N)=O)N1CCN(C(=O)C2(C)CC2(Cl)Cl)CC1. The molecule has 2 atom stereocenters. The predicted octanol–water partition coefficient (Wildman–Crippen LogP) is 0.588. The van der Waals surface area contributed by atoms with E-state index in [-0.39, 0.29) is 17.9 Å². The second-order valence-electron chi connectivity index (χ2n) is 5.62. The fraction of sp³-hybridized carbons (Fsp3) is 0.833. The van der Waals surface area contributed by atoms with Crippen LogP contribution in [-0.4, -0.2) is 58.2 Å². The molecule has 19 heavy (non-hydrogen) atoms. The van der Waals surface area contributed by atoms with Crippen LogP contribution in [0.3, 0.4) is 0 Å². The highest BCUT2D eigenvalue weighted by Gasteiger charge is 2.68. The molecule has 5 nitrogen and oxygen atoms in total. The van der Waals surface area contributed by atoms with E-state index in [0.717, 1.165) is 0 Å². The fourth-order valence-electron chi connectivity index (χ4n) is 2.47. The molecule has 7 heteroatoms. The van der Waals surface area contributed by atoms with Gasteiger partial charge in [0, 0.05) is 26.2 Å². The summed E-state index contributed by atoms with van der Waals surface area (Å²) in [4.78, 5) is 27.2. The number of rotatable bonds is 3. The standard InChI is InChI=1S/C12H19Cl2N3O2/c1-8(9(15)18)16-3-5-17(6-4-16)10(19)11(2)7-12(11,13)14/h8H,3-7H2,1-2H3,(H2,15,18). The summed E-state index contributed by atoms with van der Waals surface area (Å²) < 4.78 is -0.929. The van der Waals surface area contributed by atoms with Gasteiger partial charge in [-0.15, -0.1) is 23.2 Å². The lowest BCUT2D eigenvalue weighted by molar-refractivity contribution is -0.138. The van der Waals surface area contributed by atoms with E-state index < -0.39 is 9.75 Å². The number of primary amides is 1. The van der Waals surface area contributed by atoms with Gasteiger partial charge in [0.05, 0.1) is 11.5 Å². The summed E-state index contributed by atoms with van der Waals surface area (Å²) in [6, 6.07) is -0.297. The Morgan fingerprint density at radius 1 is 1.21 bits per heavy atom. The molecule has 0 bridgehead atoms. The van der Waals surface area contributed by atoms with E-state index >= 15 is 0 Å². The van der Waals surface area contributed by atoms with Crippen molar-refractivity contribution in [1.29, 1.82) is 0 Å². The van der Waals surface area contributed by atoms with Crippen molar-refractivity contribution < 1.29 is 9.59 Å². The monoisotopic (exact) mass is 307 g/mol. The van der Waals surface area contributed by atoms with Gasteiger partial charge in [0.2, 0.25) is 11.8 Å². The summed E-state index contributed by atoms with van der Waals surface area (Å²) in [5, 5.41) is 0. The van der Waals surface area contributed by atoms with Gasteiger partial charge in [-0.25, -0.2) is 0 Å². The van der Waals surface area contributed by atoms with Crippen molar-refractivity contribution in [2.24, 2.45) is 11.1 Å².